The summed E-state index contributed by atoms with van der Waals surface area (Å²) in [5, 5.41) is 3.83. The maximum Gasteiger partial charge on any atom is 0.336 e. The van der Waals surface area contributed by atoms with Gasteiger partial charge in [-0.3, -0.25) is 4.79 Å². The number of fused-ring (bicyclic) bond motifs is 1. The first-order valence-corrected chi connectivity index (χ1v) is 8.04. The third-order valence-corrected chi connectivity index (χ3v) is 4.36. The first kappa shape index (κ1) is 16.8. The summed E-state index contributed by atoms with van der Waals surface area (Å²) in [6.07, 6.45) is 1.99. The smallest absolute Gasteiger partial charge is 0.336 e. The number of amides is 1. The SMILES string of the molecule is COC(=O)[C@@](C)(NC(=O)Cc1c[nH]c2ccccc12)c1ccccc1. The minimum Gasteiger partial charge on any atom is -0.467 e. The van der Waals surface area contributed by atoms with Crippen LogP contribution in [0.2, 0.25) is 0 Å². The van der Waals surface area contributed by atoms with Crippen molar-refractivity contribution in [3.05, 3.63) is 71.9 Å². The number of aromatic amines is 1. The second kappa shape index (κ2) is 6.81. The minimum absolute atomic E-state index is 0.170. The largest absolute Gasteiger partial charge is 0.467 e. The average molecular weight is 336 g/mol. The predicted octanol–water partition coefficient (Wildman–Crippen LogP) is 2.92. The van der Waals surface area contributed by atoms with E-state index in [1.54, 1.807) is 19.1 Å². The van der Waals surface area contributed by atoms with Crippen LogP contribution in [-0.2, 0) is 26.3 Å². The van der Waals surface area contributed by atoms with Gasteiger partial charge in [-0.2, -0.15) is 0 Å². The van der Waals surface area contributed by atoms with Crippen molar-refractivity contribution in [1.29, 1.82) is 0 Å². The van der Waals surface area contributed by atoms with Gasteiger partial charge in [-0.15, -0.1) is 0 Å². The Morgan fingerprint density at radius 1 is 1.08 bits per heavy atom. The number of para-hydroxylation sites is 1. The second-order valence-corrected chi connectivity index (χ2v) is 6.07. The second-order valence-electron chi connectivity index (χ2n) is 6.07. The monoisotopic (exact) mass is 336 g/mol. The number of aromatic nitrogens is 1. The number of esters is 1. The number of nitrogens with one attached hydrogen (secondary N) is 2. The van der Waals surface area contributed by atoms with Gasteiger partial charge in [0.25, 0.3) is 0 Å². The molecule has 1 amide bonds. The molecule has 0 unspecified atom stereocenters. The summed E-state index contributed by atoms with van der Waals surface area (Å²) < 4.78 is 4.92. The molecule has 0 saturated heterocycles. The molecular formula is C20H20N2O3. The van der Waals surface area contributed by atoms with Crippen molar-refractivity contribution in [1.82, 2.24) is 10.3 Å². The van der Waals surface area contributed by atoms with Crippen molar-refractivity contribution in [2.24, 2.45) is 0 Å². The highest BCUT2D eigenvalue weighted by Crippen LogP contribution is 2.23. The number of rotatable bonds is 5. The molecule has 5 nitrogen and oxygen atoms in total. The van der Waals surface area contributed by atoms with E-state index in [0.29, 0.717) is 5.56 Å². The predicted molar refractivity (Wildman–Crippen MR) is 96.0 cm³/mol. The molecule has 0 fully saturated rings. The number of hydrogen-bond acceptors (Lipinski definition) is 3. The summed E-state index contributed by atoms with van der Waals surface area (Å²) in [5.74, 6) is -0.757. The summed E-state index contributed by atoms with van der Waals surface area (Å²) >= 11 is 0. The van der Waals surface area contributed by atoms with E-state index >= 15 is 0 Å². The molecule has 0 aliphatic carbocycles. The summed E-state index contributed by atoms with van der Waals surface area (Å²) in [5.41, 5.74) is 1.30. The first-order chi connectivity index (χ1) is 12.0. The fourth-order valence-electron chi connectivity index (χ4n) is 2.99. The van der Waals surface area contributed by atoms with Crippen LogP contribution in [0.3, 0.4) is 0 Å². The molecule has 0 spiro atoms. The zero-order chi connectivity index (χ0) is 17.9. The fourth-order valence-corrected chi connectivity index (χ4v) is 2.99. The number of methoxy groups -OCH3 is 1. The Bertz CT molecular complexity index is 901. The van der Waals surface area contributed by atoms with Gasteiger partial charge in [-0.1, -0.05) is 48.5 Å². The van der Waals surface area contributed by atoms with Crippen LogP contribution in [0.25, 0.3) is 10.9 Å². The number of carbonyl (C=O) groups is 2. The molecule has 3 aromatic rings. The van der Waals surface area contributed by atoms with E-state index < -0.39 is 11.5 Å². The molecule has 0 bridgehead atoms. The molecule has 1 heterocycles. The van der Waals surface area contributed by atoms with Gasteiger partial charge in [0.05, 0.1) is 13.5 Å². The molecule has 0 saturated carbocycles. The highest BCUT2D eigenvalue weighted by atomic mass is 16.5. The van der Waals surface area contributed by atoms with Crippen LogP contribution in [0.4, 0.5) is 0 Å². The Balaban J connectivity index is 1.85. The lowest BCUT2D eigenvalue weighted by molar-refractivity contribution is -0.150. The fraction of sp³-hybridized carbons (Fsp3) is 0.200. The van der Waals surface area contributed by atoms with E-state index in [-0.39, 0.29) is 12.3 Å². The Kier molecular flexibility index (Phi) is 4.57. The van der Waals surface area contributed by atoms with Crippen LogP contribution < -0.4 is 5.32 Å². The zero-order valence-electron chi connectivity index (χ0n) is 14.2. The molecule has 128 valence electrons. The highest BCUT2D eigenvalue weighted by molar-refractivity contribution is 5.92. The van der Waals surface area contributed by atoms with Gasteiger partial charge in [0.1, 0.15) is 0 Å². The number of hydrogen-bond donors (Lipinski definition) is 2. The Labute approximate surface area is 146 Å². The van der Waals surface area contributed by atoms with Crippen molar-refractivity contribution >= 4 is 22.8 Å². The number of carbonyl (C=O) groups excluding carboxylic acids is 2. The Morgan fingerprint density at radius 3 is 2.48 bits per heavy atom. The van der Waals surface area contributed by atoms with Crippen LogP contribution >= 0.6 is 0 Å². The molecule has 1 aromatic heterocycles. The van der Waals surface area contributed by atoms with Gasteiger partial charge in [0, 0.05) is 17.1 Å². The molecule has 0 aliphatic rings. The van der Waals surface area contributed by atoms with Crippen molar-refractivity contribution in [2.75, 3.05) is 7.11 Å². The van der Waals surface area contributed by atoms with Gasteiger partial charge < -0.3 is 15.0 Å². The quantitative estimate of drug-likeness (QED) is 0.704. The third-order valence-electron chi connectivity index (χ3n) is 4.36. The van der Waals surface area contributed by atoms with Crippen molar-refractivity contribution < 1.29 is 14.3 Å². The van der Waals surface area contributed by atoms with Crippen LogP contribution in [0.1, 0.15) is 18.1 Å². The molecule has 1 atom stereocenters. The van der Waals surface area contributed by atoms with E-state index in [1.165, 1.54) is 7.11 Å². The molecule has 25 heavy (non-hydrogen) atoms. The summed E-state index contributed by atoms with van der Waals surface area (Å²) in [6.45, 7) is 1.65. The summed E-state index contributed by atoms with van der Waals surface area (Å²) in [4.78, 5) is 28.1. The first-order valence-electron chi connectivity index (χ1n) is 8.04. The third kappa shape index (κ3) is 3.26. The lowest BCUT2D eigenvalue weighted by Gasteiger charge is -2.28. The molecule has 2 N–H and O–H groups in total. The molecule has 0 radical (unpaired) electrons. The number of H-pyrrole nitrogens is 1. The lowest BCUT2D eigenvalue weighted by Crippen LogP contribution is -2.50. The Hall–Kier alpha value is -3.08. The summed E-state index contributed by atoms with van der Waals surface area (Å²) in [7, 11) is 1.31. The van der Waals surface area contributed by atoms with E-state index in [9.17, 15) is 9.59 Å². The van der Waals surface area contributed by atoms with E-state index in [0.717, 1.165) is 16.5 Å². The molecular weight excluding hydrogens is 316 g/mol. The van der Waals surface area contributed by atoms with Crippen LogP contribution in [0, 0.1) is 0 Å². The lowest BCUT2D eigenvalue weighted by atomic mass is 9.91. The number of ether oxygens (including phenoxy) is 1. The molecule has 2 aromatic carbocycles. The minimum atomic E-state index is -1.24. The van der Waals surface area contributed by atoms with Gasteiger partial charge in [0.2, 0.25) is 5.91 Å². The topological polar surface area (TPSA) is 71.2 Å². The van der Waals surface area contributed by atoms with Crippen LogP contribution in [-0.4, -0.2) is 24.0 Å². The van der Waals surface area contributed by atoms with E-state index in [2.05, 4.69) is 10.3 Å². The van der Waals surface area contributed by atoms with E-state index in [4.69, 9.17) is 4.74 Å². The average Bonchev–Trinajstić information content (AvgIpc) is 3.04. The van der Waals surface area contributed by atoms with Crippen LogP contribution in [0.15, 0.2) is 60.8 Å². The highest BCUT2D eigenvalue weighted by Gasteiger charge is 2.37. The standard InChI is InChI=1S/C20H20N2O3/c1-20(19(24)25-2,15-8-4-3-5-9-15)22-18(23)12-14-13-21-17-11-7-6-10-16(14)17/h3-11,13,21H,12H2,1-2H3,(H,22,23)/t20-/m0/s1. The maximum atomic E-state index is 12.6. The van der Waals surface area contributed by atoms with Crippen molar-refractivity contribution in [3.63, 3.8) is 0 Å². The van der Waals surface area contributed by atoms with Gasteiger partial charge in [-0.05, 0) is 24.1 Å². The van der Waals surface area contributed by atoms with Crippen molar-refractivity contribution in [3.8, 4) is 0 Å². The van der Waals surface area contributed by atoms with Gasteiger partial charge in [-0.25, -0.2) is 4.79 Å². The molecule has 0 aliphatic heterocycles. The number of benzene rings is 2. The van der Waals surface area contributed by atoms with E-state index in [1.807, 2.05) is 48.7 Å². The van der Waals surface area contributed by atoms with Gasteiger partial charge >= 0.3 is 5.97 Å². The normalized spacial score (nSPS) is 13.2. The van der Waals surface area contributed by atoms with Crippen LogP contribution in [0.5, 0.6) is 0 Å². The Morgan fingerprint density at radius 2 is 1.76 bits per heavy atom. The van der Waals surface area contributed by atoms with Gasteiger partial charge in [0.15, 0.2) is 5.54 Å². The maximum absolute atomic E-state index is 12.6. The summed E-state index contributed by atoms with van der Waals surface area (Å²) in [6, 6.07) is 16.9. The molecule has 5 heteroatoms. The zero-order valence-corrected chi connectivity index (χ0v) is 14.2. The van der Waals surface area contributed by atoms with Crippen molar-refractivity contribution in [2.45, 2.75) is 18.9 Å². The molecule has 3 rings (SSSR count).